The van der Waals surface area contributed by atoms with Crippen LogP contribution in [0.15, 0.2) is 12.1 Å². The highest BCUT2D eigenvalue weighted by molar-refractivity contribution is 5.26. The Morgan fingerprint density at radius 2 is 1.56 bits per heavy atom. The molecule has 2 aliphatic heterocycles. The van der Waals surface area contributed by atoms with Crippen molar-refractivity contribution in [1.82, 2.24) is 0 Å². The predicted octanol–water partition coefficient (Wildman–Crippen LogP) is 2.63. The summed E-state index contributed by atoms with van der Waals surface area (Å²) in [5.41, 5.74) is -1.22. The number of benzene rings is 1. The van der Waals surface area contributed by atoms with E-state index in [2.05, 4.69) is 0 Å². The van der Waals surface area contributed by atoms with E-state index in [9.17, 15) is 18.3 Å². The first-order chi connectivity index (χ1) is 8.48. The van der Waals surface area contributed by atoms with E-state index >= 15 is 0 Å². The van der Waals surface area contributed by atoms with Crippen molar-refractivity contribution in [3.05, 3.63) is 35.1 Å². The third-order valence-electron chi connectivity index (χ3n) is 3.85. The Hall–Kier alpha value is -1.07. The van der Waals surface area contributed by atoms with Gasteiger partial charge in [-0.2, -0.15) is 0 Å². The van der Waals surface area contributed by atoms with Gasteiger partial charge in [0.05, 0.1) is 17.8 Å². The van der Waals surface area contributed by atoms with Crippen molar-refractivity contribution in [2.75, 3.05) is 0 Å². The van der Waals surface area contributed by atoms with Crippen LogP contribution < -0.4 is 0 Å². The first-order valence-corrected chi connectivity index (χ1v) is 6.01. The molecule has 98 valence electrons. The summed E-state index contributed by atoms with van der Waals surface area (Å²) in [5.74, 6) is -4.04. The van der Waals surface area contributed by atoms with Gasteiger partial charge in [0.1, 0.15) is 0 Å². The molecule has 0 aliphatic carbocycles. The van der Waals surface area contributed by atoms with Gasteiger partial charge in [-0.15, -0.1) is 0 Å². The monoisotopic (exact) mass is 258 g/mol. The second-order valence-corrected chi connectivity index (χ2v) is 5.15. The number of hydrogen-bond donors (Lipinski definition) is 1. The summed E-state index contributed by atoms with van der Waals surface area (Å²) < 4.78 is 44.9. The quantitative estimate of drug-likeness (QED) is 0.785. The average molecular weight is 258 g/mol. The molecule has 0 radical (unpaired) electrons. The van der Waals surface area contributed by atoms with Gasteiger partial charge in [0, 0.05) is 12.8 Å². The van der Waals surface area contributed by atoms with Gasteiger partial charge in [0.25, 0.3) is 0 Å². The third-order valence-corrected chi connectivity index (χ3v) is 3.85. The van der Waals surface area contributed by atoms with Crippen LogP contribution in [0.2, 0.25) is 0 Å². The summed E-state index contributed by atoms with van der Waals surface area (Å²) in [6.07, 6.45) is 2.13. The maximum Gasteiger partial charge on any atom is 0.194 e. The van der Waals surface area contributed by atoms with Crippen molar-refractivity contribution < 1.29 is 23.0 Å². The lowest BCUT2D eigenvalue weighted by Crippen LogP contribution is -2.38. The summed E-state index contributed by atoms with van der Waals surface area (Å²) >= 11 is 0. The van der Waals surface area contributed by atoms with Crippen molar-refractivity contribution in [3.63, 3.8) is 0 Å². The molecule has 2 bridgehead atoms. The molecule has 2 unspecified atom stereocenters. The smallest absolute Gasteiger partial charge is 0.194 e. The molecule has 2 fully saturated rings. The summed E-state index contributed by atoms with van der Waals surface area (Å²) in [6, 6.07) is 1.76. The van der Waals surface area contributed by atoms with Gasteiger partial charge >= 0.3 is 0 Å². The van der Waals surface area contributed by atoms with Crippen molar-refractivity contribution in [2.24, 2.45) is 0 Å². The van der Waals surface area contributed by atoms with E-state index in [1.165, 1.54) is 0 Å². The molecule has 2 nitrogen and oxygen atoms in total. The Morgan fingerprint density at radius 3 is 2.06 bits per heavy atom. The largest absolute Gasteiger partial charge is 0.385 e. The van der Waals surface area contributed by atoms with E-state index in [-0.39, 0.29) is 17.8 Å². The Labute approximate surface area is 102 Å². The van der Waals surface area contributed by atoms with E-state index in [0.717, 1.165) is 25.0 Å². The maximum atomic E-state index is 13.2. The van der Waals surface area contributed by atoms with Crippen LogP contribution in [0, 0.1) is 17.5 Å². The molecule has 2 saturated heterocycles. The summed E-state index contributed by atoms with van der Waals surface area (Å²) in [6.45, 7) is 0. The van der Waals surface area contributed by atoms with Gasteiger partial charge in [0.2, 0.25) is 0 Å². The zero-order valence-corrected chi connectivity index (χ0v) is 9.63. The lowest BCUT2D eigenvalue weighted by molar-refractivity contribution is -0.115. The Balaban J connectivity index is 1.99. The molecule has 0 aromatic heterocycles. The van der Waals surface area contributed by atoms with Crippen LogP contribution >= 0.6 is 0 Å². The number of fused-ring (bicyclic) bond motifs is 2. The topological polar surface area (TPSA) is 29.5 Å². The molecular weight excluding hydrogens is 245 g/mol. The highest BCUT2D eigenvalue weighted by atomic mass is 19.2. The van der Waals surface area contributed by atoms with Crippen LogP contribution in [-0.2, 0) is 10.3 Å². The van der Waals surface area contributed by atoms with Gasteiger partial charge in [-0.25, -0.2) is 13.2 Å². The summed E-state index contributed by atoms with van der Waals surface area (Å²) in [7, 11) is 0. The van der Waals surface area contributed by atoms with Crippen LogP contribution in [0.3, 0.4) is 0 Å². The number of aliphatic hydroxyl groups is 1. The molecule has 0 saturated carbocycles. The first-order valence-electron chi connectivity index (χ1n) is 6.01. The van der Waals surface area contributed by atoms with Gasteiger partial charge in [0.15, 0.2) is 17.5 Å². The Kier molecular flexibility index (Phi) is 2.64. The minimum absolute atomic E-state index is 0.0788. The Bertz CT molecular complexity index is 454. The van der Waals surface area contributed by atoms with Crippen molar-refractivity contribution in [1.29, 1.82) is 0 Å². The zero-order valence-electron chi connectivity index (χ0n) is 9.63. The molecule has 1 aromatic carbocycles. The van der Waals surface area contributed by atoms with E-state index in [4.69, 9.17) is 4.74 Å². The number of halogens is 3. The fourth-order valence-electron chi connectivity index (χ4n) is 2.98. The van der Waals surface area contributed by atoms with E-state index in [1.54, 1.807) is 0 Å². The van der Waals surface area contributed by atoms with Crippen LogP contribution in [0.4, 0.5) is 13.2 Å². The highest BCUT2D eigenvalue weighted by Crippen LogP contribution is 2.44. The maximum absolute atomic E-state index is 13.2. The average Bonchev–Trinajstić information content (AvgIpc) is 2.65. The molecule has 1 aromatic rings. The molecule has 1 N–H and O–H groups in total. The van der Waals surface area contributed by atoms with Gasteiger partial charge < -0.3 is 9.84 Å². The van der Waals surface area contributed by atoms with Crippen LogP contribution in [-0.4, -0.2) is 17.3 Å². The zero-order chi connectivity index (χ0) is 12.9. The summed E-state index contributed by atoms with van der Waals surface area (Å²) in [4.78, 5) is 0. The molecule has 3 rings (SSSR count). The molecular formula is C13H13F3O2. The van der Waals surface area contributed by atoms with Gasteiger partial charge in [-0.3, -0.25) is 0 Å². The lowest BCUT2D eigenvalue weighted by Gasteiger charge is -2.36. The van der Waals surface area contributed by atoms with Gasteiger partial charge in [-0.05, 0) is 30.5 Å². The number of hydrogen-bond acceptors (Lipinski definition) is 2. The van der Waals surface area contributed by atoms with Crippen molar-refractivity contribution >= 4 is 0 Å². The molecule has 18 heavy (non-hydrogen) atoms. The fraction of sp³-hybridized carbons (Fsp3) is 0.538. The SMILES string of the molecule is OC1(c2cc(F)c(F)c(F)c2)CC2CCC(C1)O2. The number of rotatable bonds is 1. The van der Waals surface area contributed by atoms with Crippen molar-refractivity contribution in [3.8, 4) is 0 Å². The molecule has 2 atom stereocenters. The second-order valence-electron chi connectivity index (χ2n) is 5.15. The first kappa shape index (κ1) is 12.0. The standard InChI is InChI=1S/C13H13F3O2/c14-10-3-7(4-11(15)12(10)16)13(17)5-8-1-2-9(6-13)18-8/h3-4,8-9,17H,1-2,5-6H2. The van der Waals surface area contributed by atoms with Crippen LogP contribution in [0.5, 0.6) is 0 Å². The highest BCUT2D eigenvalue weighted by Gasteiger charge is 2.45. The minimum atomic E-state index is -1.50. The fourth-order valence-corrected chi connectivity index (χ4v) is 2.98. The molecule has 2 aliphatic rings. The van der Waals surface area contributed by atoms with Gasteiger partial charge in [-0.1, -0.05) is 0 Å². The number of ether oxygens (including phenoxy) is 1. The second kappa shape index (κ2) is 3.96. The lowest BCUT2D eigenvalue weighted by atomic mass is 9.83. The van der Waals surface area contributed by atoms with Crippen molar-refractivity contribution in [2.45, 2.75) is 43.5 Å². The van der Waals surface area contributed by atoms with Crippen LogP contribution in [0.1, 0.15) is 31.2 Å². The van der Waals surface area contributed by atoms with E-state index in [1.807, 2.05) is 0 Å². The summed E-state index contributed by atoms with van der Waals surface area (Å²) in [5, 5.41) is 10.5. The molecule has 0 spiro atoms. The molecule has 2 heterocycles. The van der Waals surface area contributed by atoms with E-state index < -0.39 is 23.1 Å². The molecule has 5 heteroatoms. The minimum Gasteiger partial charge on any atom is -0.385 e. The molecule has 0 amide bonds. The van der Waals surface area contributed by atoms with E-state index in [0.29, 0.717) is 12.8 Å². The van der Waals surface area contributed by atoms with Crippen LogP contribution in [0.25, 0.3) is 0 Å². The normalized spacial score (nSPS) is 34.9. The predicted molar refractivity (Wildman–Crippen MR) is 57.3 cm³/mol. The third kappa shape index (κ3) is 1.82. The Morgan fingerprint density at radius 1 is 1.06 bits per heavy atom.